The van der Waals surface area contributed by atoms with Crippen LogP contribution in [0.5, 0.6) is 0 Å². The van der Waals surface area contributed by atoms with Gasteiger partial charge in [0.25, 0.3) is 0 Å². The molecular formula is C18H19Cl2N3OS. The predicted octanol–water partition coefficient (Wildman–Crippen LogP) is 5.07. The summed E-state index contributed by atoms with van der Waals surface area (Å²) in [6.45, 7) is 2.88. The van der Waals surface area contributed by atoms with Crippen LogP contribution in [-0.2, 0) is 0 Å². The van der Waals surface area contributed by atoms with Crippen molar-refractivity contribution in [3.8, 4) is 0 Å². The summed E-state index contributed by atoms with van der Waals surface area (Å²) in [6, 6.07) is 13.3. The zero-order valence-electron chi connectivity index (χ0n) is 13.8. The Balaban J connectivity index is 1.63. The molecule has 1 fully saturated rings. The van der Waals surface area contributed by atoms with Gasteiger partial charge in [-0.3, -0.25) is 0 Å². The monoisotopic (exact) mass is 395 g/mol. The van der Waals surface area contributed by atoms with Gasteiger partial charge in [0.2, 0.25) is 0 Å². The van der Waals surface area contributed by atoms with Crippen molar-refractivity contribution in [1.82, 2.24) is 4.90 Å². The van der Waals surface area contributed by atoms with Crippen LogP contribution in [0.2, 0.25) is 10.0 Å². The van der Waals surface area contributed by atoms with Gasteiger partial charge in [-0.1, -0.05) is 41.4 Å². The first kappa shape index (κ1) is 18.2. The number of urea groups is 1. The van der Waals surface area contributed by atoms with Gasteiger partial charge in [0, 0.05) is 31.1 Å². The molecule has 2 aromatic rings. The van der Waals surface area contributed by atoms with Gasteiger partial charge < -0.3 is 15.1 Å². The van der Waals surface area contributed by atoms with Crippen molar-refractivity contribution >= 4 is 52.4 Å². The summed E-state index contributed by atoms with van der Waals surface area (Å²) in [5, 5.41) is 3.70. The van der Waals surface area contributed by atoms with E-state index in [-0.39, 0.29) is 6.03 Å². The Hall–Kier alpha value is -1.56. The second kappa shape index (κ2) is 8.21. The summed E-state index contributed by atoms with van der Waals surface area (Å²) in [6.07, 6.45) is 2.08. The smallest absolute Gasteiger partial charge is 0.322 e. The summed E-state index contributed by atoms with van der Waals surface area (Å²) >= 11 is 14.0. The van der Waals surface area contributed by atoms with Crippen molar-refractivity contribution in [3.63, 3.8) is 0 Å². The van der Waals surface area contributed by atoms with E-state index in [1.54, 1.807) is 34.9 Å². The number of rotatable bonds is 3. The highest BCUT2D eigenvalue weighted by molar-refractivity contribution is 7.98. The lowest BCUT2D eigenvalue weighted by Gasteiger charge is -2.36. The number of carbonyl (C=O) groups is 1. The van der Waals surface area contributed by atoms with Crippen LogP contribution in [-0.4, -0.2) is 43.4 Å². The number of carbonyl (C=O) groups excluding carboxylic acids is 1. The first-order valence-corrected chi connectivity index (χ1v) is 9.96. The summed E-state index contributed by atoms with van der Waals surface area (Å²) in [4.78, 5) is 17.9. The van der Waals surface area contributed by atoms with Crippen LogP contribution >= 0.6 is 35.0 Å². The van der Waals surface area contributed by atoms with E-state index >= 15 is 0 Å². The van der Waals surface area contributed by atoms with Gasteiger partial charge in [0.05, 0.1) is 21.4 Å². The Bertz CT molecular complexity index is 743. The van der Waals surface area contributed by atoms with E-state index in [2.05, 4.69) is 28.6 Å². The van der Waals surface area contributed by atoms with Crippen molar-refractivity contribution in [1.29, 1.82) is 0 Å². The molecule has 2 aromatic carbocycles. The number of para-hydroxylation sites is 2. The third-order valence-electron chi connectivity index (χ3n) is 4.19. The molecule has 1 aliphatic heterocycles. The Morgan fingerprint density at radius 3 is 2.28 bits per heavy atom. The number of benzene rings is 2. The molecule has 0 spiro atoms. The Kier molecular flexibility index (Phi) is 5.99. The van der Waals surface area contributed by atoms with Crippen LogP contribution in [0.4, 0.5) is 16.2 Å². The first-order valence-electron chi connectivity index (χ1n) is 7.98. The Labute approximate surface area is 162 Å². The minimum absolute atomic E-state index is 0.173. The molecule has 3 rings (SSSR count). The van der Waals surface area contributed by atoms with Gasteiger partial charge in [-0.15, -0.1) is 11.8 Å². The van der Waals surface area contributed by atoms with Crippen molar-refractivity contribution in [2.45, 2.75) is 4.90 Å². The first-order chi connectivity index (χ1) is 12.1. The molecule has 1 aliphatic rings. The van der Waals surface area contributed by atoms with Crippen LogP contribution < -0.4 is 10.2 Å². The molecule has 0 aromatic heterocycles. The van der Waals surface area contributed by atoms with Gasteiger partial charge in [0.1, 0.15) is 0 Å². The topological polar surface area (TPSA) is 35.6 Å². The van der Waals surface area contributed by atoms with E-state index in [0.29, 0.717) is 28.8 Å². The highest BCUT2D eigenvalue weighted by atomic mass is 35.5. The maximum absolute atomic E-state index is 12.5. The van der Waals surface area contributed by atoms with Crippen molar-refractivity contribution in [3.05, 3.63) is 52.5 Å². The third kappa shape index (κ3) is 4.17. The van der Waals surface area contributed by atoms with Crippen LogP contribution in [0.1, 0.15) is 0 Å². The number of hydrogen-bond donors (Lipinski definition) is 1. The number of halogens is 2. The number of nitrogens with one attached hydrogen (secondary N) is 1. The maximum Gasteiger partial charge on any atom is 0.322 e. The highest BCUT2D eigenvalue weighted by Gasteiger charge is 2.23. The lowest BCUT2D eigenvalue weighted by atomic mass is 10.2. The molecule has 2 amide bonds. The average molecular weight is 396 g/mol. The fourth-order valence-corrected chi connectivity index (χ4v) is 3.96. The Morgan fingerprint density at radius 1 is 1.00 bits per heavy atom. The molecule has 1 N–H and O–H groups in total. The highest BCUT2D eigenvalue weighted by Crippen LogP contribution is 2.31. The van der Waals surface area contributed by atoms with Gasteiger partial charge in [0.15, 0.2) is 0 Å². The number of hydrogen-bond acceptors (Lipinski definition) is 3. The molecule has 132 valence electrons. The number of anilines is 2. The molecular weight excluding hydrogens is 377 g/mol. The average Bonchev–Trinajstić information content (AvgIpc) is 2.65. The van der Waals surface area contributed by atoms with Crippen LogP contribution in [0, 0.1) is 0 Å². The second-order valence-electron chi connectivity index (χ2n) is 5.67. The van der Waals surface area contributed by atoms with Crippen molar-refractivity contribution < 1.29 is 4.79 Å². The predicted molar refractivity (Wildman–Crippen MR) is 107 cm³/mol. The summed E-state index contributed by atoms with van der Waals surface area (Å²) in [5.41, 5.74) is 1.69. The van der Waals surface area contributed by atoms with Gasteiger partial charge in [-0.25, -0.2) is 4.79 Å². The Morgan fingerprint density at radius 2 is 1.64 bits per heavy atom. The van der Waals surface area contributed by atoms with Crippen molar-refractivity contribution in [2.75, 3.05) is 42.7 Å². The van der Waals surface area contributed by atoms with Crippen LogP contribution in [0.15, 0.2) is 47.4 Å². The lowest BCUT2D eigenvalue weighted by molar-refractivity contribution is 0.208. The molecule has 25 heavy (non-hydrogen) atoms. The van der Waals surface area contributed by atoms with E-state index in [1.807, 2.05) is 12.1 Å². The maximum atomic E-state index is 12.5. The number of nitrogens with zero attached hydrogens (tertiary/aromatic N) is 2. The van der Waals surface area contributed by atoms with E-state index in [4.69, 9.17) is 23.2 Å². The fraction of sp³-hybridized carbons (Fsp3) is 0.278. The molecule has 0 bridgehead atoms. The second-order valence-corrected chi connectivity index (χ2v) is 7.34. The number of piperazine rings is 1. The molecule has 1 heterocycles. The largest absolute Gasteiger partial charge is 0.367 e. The van der Waals surface area contributed by atoms with E-state index in [0.717, 1.165) is 13.1 Å². The summed E-state index contributed by atoms with van der Waals surface area (Å²) in [7, 11) is 0. The van der Waals surface area contributed by atoms with Crippen molar-refractivity contribution in [2.24, 2.45) is 0 Å². The normalized spacial score (nSPS) is 14.5. The third-order valence-corrected chi connectivity index (χ3v) is 5.60. The molecule has 1 saturated heterocycles. The number of thioether (sulfide) groups is 1. The molecule has 0 radical (unpaired) electrons. The zero-order valence-corrected chi connectivity index (χ0v) is 16.2. The van der Waals surface area contributed by atoms with E-state index in [9.17, 15) is 4.79 Å². The van der Waals surface area contributed by atoms with Gasteiger partial charge >= 0.3 is 6.03 Å². The van der Waals surface area contributed by atoms with E-state index < -0.39 is 0 Å². The molecule has 0 unspecified atom stereocenters. The SMILES string of the molecule is CSc1ccccc1N1CCN(C(=O)Nc2c(Cl)cccc2Cl)CC1. The van der Waals surface area contributed by atoms with Gasteiger partial charge in [-0.05, 0) is 30.5 Å². The summed E-state index contributed by atoms with van der Waals surface area (Å²) in [5.74, 6) is 0. The van der Waals surface area contributed by atoms with Crippen LogP contribution in [0.3, 0.4) is 0 Å². The lowest BCUT2D eigenvalue weighted by Crippen LogP contribution is -2.50. The molecule has 7 heteroatoms. The fourth-order valence-electron chi connectivity index (χ4n) is 2.84. The quantitative estimate of drug-likeness (QED) is 0.736. The minimum atomic E-state index is -0.173. The standard InChI is InChI=1S/C18H19Cl2N3OS/c1-25-16-8-3-2-7-15(16)22-9-11-23(12-10-22)18(24)21-17-13(19)5-4-6-14(17)20/h2-8H,9-12H2,1H3,(H,21,24). The van der Waals surface area contributed by atoms with Crippen LogP contribution in [0.25, 0.3) is 0 Å². The van der Waals surface area contributed by atoms with Gasteiger partial charge in [-0.2, -0.15) is 0 Å². The number of amides is 2. The molecule has 4 nitrogen and oxygen atoms in total. The van der Waals surface area contributed by atoms with E-state index in [1.165, 1.54) is 10.6 Å². The molecule has 0 aliphatic carbocycles. The zero-order chi connectivity index (χ0) is 17.8. The molecule has 0 atom stereocenters. The molecule has 0 saturated carbocycles. The summed E-state index contributed by atoms with van der Waals surface area (Å²) < 4.78 is 0. The minimum Gasteiger partial charge on any atom is -0.367 e.